The zero-order valence-electron chi connectivity index (χ0n) is 12.0. The fourth-order valence-corrected chi connectivity index (χ4v) is 1.42. The normalized spacial score (nSPS) is 15.8. The van der Waals surface area contributed by atoms with Crippen LogP contribution in [0.25, 0.3) is 0 Å². The van der Waals surface area contributed by atoms with Crippen LogP contribution in [-0.4, -0.2) is 12.2 Å². The summed E-state index contributed by atoms with van der Waals surface area (Å²) < 4.78 is 0. The van der Waals surface area contributed by atoms with E-state index in [4.69, 9.17) is 9.78 Å². The fraction of sp³-hybridized carbons (Fsp3) is 1.00. The molecule has 0 spiro atoms. The average molecular weight is 230 g/mol. The summed E-state index contributed by atoms with van der Waals surface area (Å²) in [4.78, 5) is 10.8. The van der Waals surface area contributed by atoms with Crippen LogP contribution in [-0.2, 0) is 9.78 Å². The molecule has 0 bridgehead atoms. The molecule has 0 aromatic heterocycles. The Bertz CT molecular complexity index is 137. The first-order valence-electron chi connectivity index (χ1n) is 6.74. The van der Waals surface area contributed by atoms with Crippen LogP contribution in [0.2, 0.25) is 0 Å². The smallest absolute Gasteiger partial charge is 0.0902 e. The highest BCUT2D eigenvalue weighted by atomic mass is 17.2. The Morgan fingerprint density at radius 3 is 1.12 bits per heavy atom. The molecule has 2 atom stereocenters. The van der Waals surface area contributed by atoms with Crippen molar-refractivity contribution in [3.8, 4) is 0 Å². The van der Waals surface area contributed by atoms with Gasteiger partial charge in [0, 0.05) is 0 Å². The van der Waals surface area contributed by atoms with Crippen LogP contribution in [0.15, 0.2) is 0 Å². The molecule has 98 valence electrons. The van der Waals surface area contributed by atoms with Crippen LogP contribution < -0.4 is 0 Å². The van der Waals surface area contributed by atoms with E-state index < -0.39 is 0 Å². The van der Waals surface area contributed by atoms with Crippen molar-refractivity contribution in [3.05, 3.63) is 0 Å². The molecule has 16 heavy (non-hydrogen) atoms. The van der Waals surface area contributed by atoms with Gasteiger partial charge in [-0.2, -0.15) is 0 Å². The molecule has 0 saturated heterocycles. The third-order valence-electron chi connectivity index (χ3n) is 2.69. The number of hydrogen-bond donors (Lipinski definition) is 0. The molecule has 0 radical (unpaired) electrons. The third kappa shape index (κ3) is 10.4. The van der Waals surface area contributed by atoms with Crippen LogP contribution in [0.4, 0.5) is 0 Å². The van der Waals surface area contributed by atoms with Crippen molar-refractivity contribution in [2.45, 2.75) is 79.4 Å². The molecule has 0 aliphatic carbocycles. The molecule has 0 saturated carbocycles. The number of hydrogen-bond acceptors (Lipinski definition) is 2. The predicted molar refractivity (Wildman–Crippen MR) is 69.2 cm³/mol. The predicted octanol–water partition coefficient (Wildman–Crippen LogP) is 4.58. The maximum absolute atomic E-state index is 5.39. The molecule has 0 heterocycles. The Kier molecular flexibility index (Phi) is 8.96. The third-order valence-corrected chi connectivity index (χ3v) is 2.69. The van der Waals surface area contributed by atoms with Crippen molar-refractivity contribution in [2.24, 2.45) is 11.8 Å². The fourth-order valence-electron chi connectivity index (χ4n) is 1.42. The van der Waals surface area contributed by atoms with Gasteiger partial charge in [-0.1, -0.05) is 27.7 Å². The van der Waals surface area contributed by atoms with E-state index in [0.29, 0.717) is 0 Å². The lowest BCUT2D eigenvalue weighted by Crippen LogP contribution is -2.16. The first kappa shape index (κ1) is 15.9. The molecule has 2 heteroatoms. The Morgan fingerprint density at radius 2 is 0.875 bits per heavy atom. The van der Waals surface area contributed by atoms with Gasteiger partial charge < -0.3 is 0 Å². The van der Waals surface area contributed by atoms with Gasteiger partial charge in [-0.25, -0.2) is 9.78 Å². The quantitative estimate of drug-likeness (QED) is 0.426. The maximum Gasteiger partial charge on any atom is 0.0902 e. The zero-order chi connectivity index (χ0) is 12.6. The average Bonchev–Trinajstić information content (AvgIpc) is 2.20. The summed E-state index contributed by atoms with van der Waals surface area (Å²) in [5.41, 5.74) is 0. The highest BCUT2D eigenvalue weighted by Gasteiger charge is 2.09. The monoisotopic (exact) mass is 230 g/mol. The van der Waals surface area contributed by atoms with Gasteiger partial charge in [-0.15, -0.1) is 0 Å². The van der Waals surface area contributed by atoms with Gasteiger partial charge in [0.15, 0.2) is 0 Å². The van der Waals surface area contributed by atoms with Crippen molar-refractivity contribution in [3.63, 3.8) is 0 Å². The summed E-state index contributed by atoms with van der Waals surface area (Å²) in [5, 5.41) is 0. The van der Waals surface area contributed by atoms with Crippen molar-refractivity contribution in [2.75, 3.05) is 0 Å². The van der Waals surface area contributed by atoms with Gasteiger partial charge in [0.25, 0.3) is 0 Å². The molecule has 0 rings (SSSR count). The van der Waals surface area contributed by atoms with Crippen molar-refractivity contribution >= 4 is 0 Å². The summed E-state index contributed by atoms with van der Waals surface area (Å²) in [6.45, 7) is 13.1. The molecule has 0 amide bonds. The van der Waals surface area contributed by atoms with Crippen LogP contribution in [0, 0.1) is 11.8 Å². The first-order valence-corrected chi connectivity index (χ1v) is 6.74. The summed E-state index contributed by atoms with van der Waals surface area (Å²) in [7, 11) is 0. The standard InChI is InChI=1S/C14H30O2/c1-11(2)7-9-13(5)15-16-14(6)10-8-12(3)4/h11-14H,7-10H2,1-6H3. The second-order valence-electron chi connectivity index (χ2n) is 5.76. The van der Waals surface area contributed by atoms with Gasteiger partial charge in [0.05, 0.1) is 12.2 Å². The van der Waals surface area contributed by atoms with Gasteiger partial charge in [0.1, 0.15) is 0 Å². The maximum atomic E-state index is 5.39. The van der Waals surface area contributed by atoms with Crippen molar-refractivity contribution in [1.29, 1.82) is 0 Å². The minimum atomic E-state index is 0.212. The molecule has 0 N–H and O–H groups in total. The highest BCUT2D eigenvalue weighted by molar-refractivity contribution is 4.54. The van der Waals surface area contributed by atoms with E-state index in [0.717, 1.165) is 24.7 Å². The second kappa shape index (κ2) is 9.00. The molecule has 0 aliphatic rings. The Balaban J connectivity index is 3.47. The molecule has 0 aliphatic heterocycles. The highest BCUT2D eigenvalue weighted by Crippen LogP contribution is 2.13. The van der Waals surface area contributed by atoms with Gasteiger partial charge in [0.2, 0.25) is 0 Å². The molecular weight excluding hydrogens is 200 g/mol. The lowest BCUT2D eigenvalue weighted by molar-refractivity contribution is -0.346. The molecular formula is C14H30O2. The summed E-state index contributed by atoms with van der Waals surface area (Å²) in [5.74, 6) is 1.48. The van der Waals surface area contributed by atoms with E-state index in [9.17, 15) is 0 Å². The summed E-state index contributed by atoms with van der Waals surface area (Å²) in [6, 6.07) is 0. The summed E-state index contributed by atoms with van der Waals surface area (Å²) in [6.07, 6.45) is 4.98. The lowest BCUT2D eigenvalue weighted by Gasteiger charge is -2.17. The Morgan fingerprint density at radius 1 is 0.562 bits per heavy atom. The zero-order valence-corrected chi connectivity index (χ0v) is 12.0. The van der Waals surface area contributed by atoms with Crippen LogP contribution in [0.3, 0.4) is 0 Å². The minimum Gasteiger partial charge on any atom is -0.233 e. The number of rotatable bonds is 9. The van der Waals surface area contributed by atoms with Gasteiger partial charge >= 0.3 is 0 Å². The van der Waals surface area contributed by atoms with Gasteiger partial charge in [-0.05, 0) is 51.4 Å². The SMILES string of the molecule is CC(C)CCC(C)OOC(C)CCC(C)C. The van der Waals surface area contributed by atoms with Crippen LogP contribution in [0.1, 0.15) is 67.2 Å². The lowest BCUT2D eigenvalue weighted by atomic mass is 10.1. The van der Waals surface area contributed by atoms with E-state index in [1.165, 1.54) is 12.8 Å². The van der Waals surface area contributed by atoms with E-state index in [2.05, 4.69) is 41.5 Å². The second-order valence-corrected chi connectivity index (χ2v) is 5.76. The Hall–Kier alpha value is -0.0800. The van der Waals surface area contributed by atoms with E-state index in [-0.39, 0.29) is 12.2 Å². The molecule has 0 aromatic rings. The van der Waals surface area contributed by atoms with Gasteiger partial charge in [-0.3, -0.25) is 0 Å². The minimum absolute atomic E-state index is 0.212. The largest absolute Gasteiger partial charge is 0.233 e. The molecule has 0 aromatic carbocycles. The van der Waals surface area contributed by atoms with E-state index in [1.54, 1.807) is 0 Å². The van der Waals surface area contributed by atoms with Crippen LogP contribution >= 0.6 is 0 Å². The van der Waals surface area contributed by atoms with E-state index in [1.807, 2.05) is 0 Å². The van der Waals surface area contributed by atoms with Crippen molar-refractivity contribution < 1.29 is 9.78 Å². The Labute approximate surface area is 102 Å². The first-order chi connectivity index (χ1) is 7.41. The van der Waals surface area contributed by atoms with Crippen molar-refractivity contribution in [1.82, 2.24) is 0 Å². The molecule has 2 nitrogen and oxygen atoms in total. The molecule has 0 fully saturated rings. The topological polar surface area (TPSA) is 18.5 Å². The van der Waals surface area contributed by atoms with E-state index >= 15 is 0 Å². The van der Waals surface area contributed by atoms with Crippen LogP contribution in [0.5, 0.6) is 0 Å². The molecule has 2 unspecified atom stereocenters. The summed E-state index contributed by atoms with van der Waals surface area (Å²) >= 11 is 0.